The smallest absolute Gasteiger partial charge is 0.416 e. The highest BCUT2D eigenvalue weighted by molar-refractivity contribution is 7.80. The fourth-order valence-corrected chi connectivity index (χ4v) is 3.84. The molecule has 0 unspecified atom stereocenters. The molecule has 0 aliphatic carbocycles. The summed E-state index contributed by atoms with van der Waals surface area (Å²) >= 11 is 5.45. The van der Waals surface area contributed by atoms with Crippen LogP contribution in [0.25, 0.3) is 0 Å². The lowest BCUT2D eigenvalue weighted by molar-refractivity contribution is -0.138. The van der Waals surface area contributed by atoms with E-state index in [9.17, 15) is 23.1 Å². The van der Waals surface area contributed by atoms with Crippen molar-refractivity contribution in [2.75, 3.05) is 18.6 Å². The summed E-state index contributed by atoms with van der Waals surface area (Å²) in [5.74, 6) is -0.523. The van der Waals surface area contributed by atoms with Crippen molar-refractivity contribution in [3.05, 3.63) is 64.9 Å². The molecule has 1 atom stereocenters. The molecule has 0 fully saturated rings. The maximum atomic E-state index is 13.2. The van der Waals surface area contributed by atoms with E-state index in [1.807, 2.05) is 0 Å². The third-order valence-corrected chi connectivity index (χ3v) is 5.24. The topological polar surface area (TPSA) is 71.0 Å². The van der Waals surface area contributed by atoms with Gasteiger partial charge in [0.2, 0.25) is 0 Å². The number of hydrogen-bond acceptors (Lipinski definition) is 5. The van der Waals surface area contributed by atoms with Crippen LogP contribution in [0.5, 0.6) is 11.5 Å². The predicted molar refractivity (Wildman–Crippen MR) is 116 cm³/mol. The predicted octanol–water partition coefficient (Wildman–Crippen LogP) is 4.69. The van der Waals surface area contributed by atoms with Crippen molar-refractivity contribution in [2.24, 2.45) is 0 Å². The Morgan fingerprint density at radius 1 is 1.25 bits per heavy atom. The minimum atomic E-state index is -4.53. The lowest BCUT2D eigenvalue weighted by Crippen LogP contribution is -2.48. The quantitative estimate of drug-likeness (QED) is 0.489. The van der Waals surface area contributed by atoms with Gasteiger partial charge in [-0.15, -0.1) is 0 Å². The Morgan fingerprint density at radius 2 is 1.97 bits per heavy atom. The van der Waals surface area contributed by atoms with Crippen LogP contribution in [0.15, 0.2) is 53.7 Å². The largest absolute Gasteiger partial charge is 0.504 e. The zero-order valence-corrected chi connectivity index (χ0v) is 18.3. The van der Waals surface area contributed by atoms with Gasteiger partial charge in [0.25, 0.3) is 0 Å². The fraction of sp³-hybridized carbons (Fsp3) is 0.273. The van der Waals surface area contributed by atoms with Crippen molar-refractivity contribution < 1.29 is 32.5 Å². The highest BCUT2D eigenvalue weighted by Crippen LogP contribution is 2.38. The number of thiocarbonyl (C=S) groups is 1. The Kier molecular flexibility index (Phi) is 6.63. The maximum absolute atomic E-state index is 13.2. The number of anilines is 1. The molecule has 32 heavy (non-hydrogen) atoms. The van der Waals surface area contributed by atoms with Crippen molar-refractivity contribution in [2.45, 2.75) is 26.1 Å². The Labute approximate surface area is 188 Å². The Bertz CT molecular complexity index is 1090. The van der Waals surface area contributed by atoms with Gasteiger partial charge in [0.1, 0.15) is 0 Å². The first-order valence-electron chi connectivity index (χ1n) is 9.61. The van der Waals surface area contributed by atoms with Gasteiger partial charge in [0.15, 0.2) is 16.6 Å². The number of nitrogens with zero attached hydrogens (tertiary/aromatic N) is 1. The van der Waals surface area contributed by atoms with Gasteiger partial charge in [0, 0.05) is 11.4 Å². The molecule has 2 aromatic rings. The summed E-state index contributed by atoms with van der Waals surface area (Å²) in [7, 11) is 1.21. The average Bonchev–Trinajstić information content (AvgIpc) is 2.74. The fourth-order valence-electron chi connectivity index (χ4n) is 3.48. The number of phenolic OH excluding ortho intramolecular Hbond substituents is 1. The summed E-state index contributed by atoms with van der Waals surface area (Å²) in [6.45, 7) is 3.66. The number of carbonyl (C=O) groups is 1. The van der Waals surface area contributed by atoms with E-state index in [-0.39, 0.29) is 27.9 Å². The molecule has 2 N–H and O–H groups in total. The summed E-state index contributed by atoms with van der Waals surface area (Å²) < 4.78 is 50.0. The number of nitrogens with one attached hydrogen (secondary N) is 1. The van der Waals surface area contributed by atoms with Crippen molar-refractivity contribution in [3.63, 3.8) is 0 Å². The van der Waals surface area contributed by atoms with E-state index in [4.69, 9.17) is 21.7 Å². The number of benzene rings is 2. The molecular weight excluding hydrogens is 445 g/mol. The molecule has 0 saturated carbocycles. The van der Waals surface area contributed by atoms with E-state index in [1.54, 1.807) is 26.0 Å². The molecule has 6 nitrogen and oxygen atoms in total. The van der Waals surface area contributed by atoms with E-state index in [1.165, 1.54) is 30.2 Å². The minimum absolute atomic E-state index is 0.0695. The van der Waals surface area contributed by atoms with Crippen LogP contribution in [-0.2, 0) is 15.7 Å². The Hall–Kier alpha value is -3.27. The van der Waals surface area contributed by atoms with Crippen LogP contribution in [0.1, 0.15) is 31.0 Å². The average molecular weight is 466 g/mol. The van der Waals surface area contributed by atoms with Crippen LogP contribution >= 0.6 is 12.2 Å². The van der Waals surface area contributed by atoms with Crippen LogP contribution < -0.4 is 15.0 Å². The first-order chi connectivity index (χ1) is 15.1. The summed E-state index contributed by atoms with van der Waals surface area (Å²) in [5.41, 5.74) is 0.335. The van der Waals surface area contributed by atoms with Crippen LogP contribution in [0.2, 0.25) is 0 Å². The van der Waals surface area contributed by atoms with E-state index in [0.717, 1.165) is 12.1 Å². The zero-order chi connectivity index (χ0) is 23.6. The second-order valence-corrected chi connectivity index (χ2v) is 7.30. The number of hydrogen-bond donors (Lipinski definition) is 2. The first-order valence-corrected chi connectivity index (χ1v) is 10.0. The summed E-state index contributed by atoms with van der Waals surface area (Å²) in [4.78, 5) is 14.1. The second-order valence-electron chi connectivity index (χ2n) is 6.92. The number of rotatable bonds is 5. The first kappa shape index (κ1) is 23.4. The van der Waals surface area contributed by atoms with Gasteiger partial charge < -0.3 is 19.9 Å². The van der Waals surface area contributed by atoms with E-state index in [2.05, 4.69) is 5.32 Å². The third kappa shape index (κ3) is 4.50. The van der Waals surface area contributed by atoms with Gasteiger partial charge in [-0.25, -0.2) is 4.79 Å². The zero-order valence-electron chi connectivity index (χ0n) is 17.5. The van der Waals surface area contributed by atoms with Gasteiger partial charge in [-0.3, -0.25) is 4.90 Å². The van der Waals surface area contributed by atoms with Gasteiger partial charge in [-0.1, -0.05) is 12.1 Å². The van der Waals surface area contributed by atoms with E-state index in [0.29, 0.717) is 17.9 Å². The molecule has 3 rings (SSSR count). The normalized spacial score (nSPS) is 16.6. The highest BCUT2D eigenvalue weighted by atomic mass is 32.1. The molecule has 0 aromatic heterocycles. The number of esters is 1. The monoisotopic (exact) mass is 466 g/mol. The van der Waals surface area contributed by atoms with Crippen molar-refractivity contribution in [1.29, 1.82) is 0 Å². The molecule has 2 aromatic carbocycles. The molecule has 1 aliphatic heterocycles. The number of allylic oxidation sites excluding steroid dienone is 1. The molecule has 0 amide bonds. The standard InChI is InChI=1S/C22H21F3N2O4S/c1-4-31-17-10-13(8-9-16(17)28)19-18(20(29)30-3)12(2)27(21(32)26-19)15-7-5-6-14(11-15)22(23,24)25/h5-11,19,28H,4H2,1-3H3,(H,26,32)/t19-/m0/s1. The molecule has 1 heterocycles. The van der Waals surface area contributed by atoms with E-state index < -0.39 is 23.8 Å². The molecule has 0 saturated heterocycles. The SMILES string of the molecule is CCOc1cc([C@@H]2NC(=S)N(c3cccc(C(F)(F)F)c3)C(C)=C2C(=O)OC)ccc1O. The Balaban J connectivity index is 2.14. The molecular formula is C22H21F3N2O4S. The second kappa shape index (κ2) is 9.07. The summed E-state index contributed by atoms with van der Waals surface area (Å²) in [5, 5.41) is 13.1. The number of carbonyl (C=O) groups excluding carboxylic acids is 1. The van der Waals surface area contributed by atoms with Gasteiger partial charge >= 0.3 is 12.1 Å². The molecule has 0 bridgehead atoms. The molecule has 170 valence electrons. The summed E-state index contributed by atoms with van der Waals surface area (Å²) in [6, 6.07) is 8.47. The number of aromatic hydroxyl groups is 1. The van der Waals surface area contributed by atoms with Crippen molar-refractivity contribution in [1.82, 2.24) is 5.32 Å². The van der Waals surface area contributed by atoms with Gasteiger partial charge in [0.05, 0.1) is 30.9 Å². The lowest BCUT2D eigenvalue weighted by Gasteiger charge is -2.37. The number of methoxy groups -OCH3 is 1. The van der Waals surface area contributed by atoms with Gasteiger partial charge in [-0.2, -0.15) is 13.2 Å². The van der Waals surface area contributed by atoms with Crippen molar-refractivity contribution >= 4 is 29.0 Å². The minimum Gasteiger partial charge on any atom is -0.504 e. The number of halogens is 3. The van der Waals surface area contributed by atoms with Crippen LogP contribution in [-0.4, -0.2) is 29.9 Å². The maximum Gasteiger partial charge on any atom is 0.416 e. The third-order valence-electron chi connectivity index (χ3n) is 4.94. The van der Waals surface area contributed by atoms with Crippen LogP contribution in [0.4, 0.5) is 18.9 Å². The van der Waals surface area contributed by atoms with Crippen molar-refractivity contribution in [3.8, 4) is 11.5 Å². The number of alkyl halides is 3. The Morgan fingerprint density at radius 3 is 2.59 bits per heavy atom. The van der Waals surface area contributed by atoms with E-state index >= 15 is 0 Å². The number of ether oxygens (including phenoxy) is 2. The molecule has 0 radical (unpaired) electrons. The number of phenols is 1. The molecule has 0 spiro atoms. The lowest BCUT2D eigenvalue weighted by atomic mass is 9.94. The van der Waals surface area contributed by atoms with Crippen LogP contribution in [0, 0.1) is 0 Å². The summed E-state index contributed by atoms with van der Waals surface area (Å²) in [6.07, 6.45) is -4.53. The highest BCUT2D eigenvalue weighted by Gasteiger charge is 2.37. The van der Waals surface area contributed by atoms with Crippen LogP contribution in [0.3, 0.4) is 0 Å². The molecule has 1 aliphatic rings. The van der Waals surface area contributed by atoms with Gasteiger partial charge in [-0.05, 0) is 62.0 Å². The molecule has 10 heteroatoms.